The number of fused-ring (bicyclic) bond motifs is 1. The summed E-state index contributed by atoms with van der Waals surface area (Å²) in [5.41, 5.74) is 2.38. The predicted octanol–water partition coefficient (Wildman–Crippen LogP) is 3.55. The molecule has 21 heavy (non-hydrogen) atoms. The zero-order valence-electron chi connectivity index (χ0n) is 11.4. The topological polar surface area (TPSA) is 37.8 Å². The van der Waals surface area contributed by atoms with Crippen molar-refractivity contribution in [1.82, 2.24) is 9.55 Å². The molecular formula is C16H13FN2OS. The van der Waals surface area contributed by atoms with Crippen molar-refractivity contribution in [3.05, 3.63) is 74.5 Å². The highest BCUT2D eigenvalue weighted by atomic mass is 32.1. The maximum Gasteiger partial charge on any atom is 0.262 e. The van der Waals surface area contributed by atoms with Gasteiger partial charge in [-0.25, -0.2) is 4.39 Å². The second kappa shape index (κ2) is 5.26. The SMILES string of the molecule is Cc1ccc(Cn2c(=S)[nH]c3ccc(F)cc3c2=O)cc1. The molecule has 0 aliphatic rings. The van der Waals surface area contributed by atoms with Gasteiger partial charge < -0.3 is 4.98 Å². The van der Waals surface area contributed by atoms with Crippen LogP contribution in [0.5, 0.6) is 0 Å². The van der Waals surface area contributed by atoms with Gasteiger partial charge in [0.1, 0.15) is 5.82 Å². The van der Waals surface area contributed by atoms with E-state index < -0.39 is 5.82 Å². The molecule has 3 aromatic rings. The van der Waals surface area contributed by atoms with Crippen LogP contribution in [0, 0.1) is 17.5 Å². The first-order chi connectivity index (χ1) is 10.0. The summed E-state index contributed by atoms with van der Waals surface area (Å²) in [6.07, 6.45) is 0. The lowest BCUT2D eigenvalue weighted by molar-refractivity contribution is 0.628. The lowest BCUT2D eigenvalue weighted by Crippen LogP contribution is -2.22. The van der Waals surface area contributed by atoms with E-state index in [0.29, 0.717) is 22.2 Å². The molecule has 0 saturated carbocycles. The molecule has 0 bridgehead atoms. The zero-order chi connectivity index (χ0) is 15.0. The number of aromatic nitrogens is 2. The second-order valence-electron chi connectivity index (χ2n) is 5.00. The predicted molar refractivity (Wildman–Crippen MR) is 83.6 cm³/mol. The van der Waals surface area contributed by atoms with Gasteiger partial charge in [0.05, 0.1) is 17.4 Å². The first-order valence-electron chi connectivity index (χ1n) is 6.52. The van der Waals surface area contributed by atoms with Gasteiger partial charge in [-0.3, -0.25) is 9.36 Å². The van der Waals surface area contributed by atoms with Crippen molar-refractivity contribution in [2.45, 2.75) is 13.5 Å². The summed E-state index contributed by atoms with van der Waals surface area (Å²) in [6, 6.07) is 11.9. The Bertz CT molecular complexity index is 926. The standard InChI is InChI=1S/C16H13FN2OS/c1-10-2-4-11(5-3-10)9-19-15(20)13-8-12(17)6-7-14(13)18-16(19)21/h2-8H,9H2,1H3,(H,18,21). The van der Waals surface area contributed by atoms with Crippen molar-refractivity contribution < 1.29 is 4.39 Å². The fourth-order valence-electron chi connectivity index (χ4n) is 2.24. The Morgan fingerprint density at radius 3 is 2.62 bits per heavy atom. The fraction of sp³-hybridized carbons (Fsp3) is 0.125. The number of benzene rings is 2. The summed E-state index contributed by atoms with van der Waals surface area (Å²) < 4.78 is 15.1. The van der Waals surface area contributed by atoms with Crippen LogP contribution in [0.2, 0.25) is 0 Å². The number of rotatable bonds is 2. The van der Waals surface area contributed by atoms with Gasteiger partial charge in [0.2, 0.25) is 0 Å². The molecule has 0 amide bonds. The van der Waals surface area contributed by atoms with Crippen molar-refractivity contribution in [1.29, 1.82) is 0 Å². The van der Waals surface area contributed by atoms with E-state index in [1.807, 2.05) is 31.2 Å². The number of nitrogens with one attached hydrogen (secondary N) is 1. The molecule has 106 valence electrons. The maximum atomic E-state index is 13.3. The summed E-state index contributed by atoms with van der Waals surface area (Å²) in [5.74, 6) is -0.438. The normalized spacial score (nSPS) is 11.0. The molecule has 1 aromatic heterocycles. The third-order valence-electron chi connectivity index (χ3n) is 3.41. The molecule has 0 aliphatic heterocycles. The molecule has 2 aromatic carbocycles. The van der Waals surface area contributed by atoms with Gasteiger partial charge in [0, 0.05) is 0 Å². The van der Waals surface area contributed by atoms with Crippen LogP contribution in [0.25, 0.3) is 10.9 Å². The first kappa shape index (κ1) is 13.7. The minimum Gasteiger partial charge on any atom is -0.332 e. The van der Waals surface area contributed by atoms with E-state index >= 15 is 0 Å². The Labute approximate surface area is 125 Å². The molecular weight excluding hydrogens is 287 g/mol. The summed E-state index contributed by atoms with van der Waals surface area (Å²) in [4.78, 5) is 15.5. The summed E-state index contributed by atoms with van der Waals surface area (Å²) in [6.45, 7) is 2.36. The summed E-state index contributed by atoms with van der Waals surface area (Å²) in [5, 5.41) is 0.302. The van der Waals surface area contributed by atoms with Crippen LogP contribution in [0.15, 0.2) is 47.3 Å². The van der Waals surface area contributed by atoms with E-state index in [4.69, 9.17) is 12.2 Å². The van der Waals surface area contributed by atoms with Gasteiger partial charge in [-0.2, -0.15) is 0 Å². The average Bonchev–Trinajstić information content (AvgIpc) is 2.46. The third-order valence-corrected chi connectivity index (χ3v) is 3.73. The average molecular weight is 300 g/mol. The van der Waals surface area contributed by atoms with Gasteiger partial charge in [-0.15, -0.1) is 0 Å². The number of aryl methyl sites for hydroxylation is 1. The van der Waals surface area contributed by atoms with Gasteiger partial charge in [-0.05, 0) is 42.9 Å². The van der Waals surface area contributed by atoms with Crippen molar-refractivity contribution in [2.75, 3.05) is 0 Å². The molecule has 1 heterocycles. The van der Waals surface area contributed by atoms with Crippen molar-refractivity contribution in [2.24, 2.45) is 0 Å². The zero-order valence-corrected chi connectivity index (χ0v) is 12.2. The molecule has 0 spiro atoms. The lowest BCUT2D eigenvalue weighted by atomic mass is 10.1. The van der Waals surface area contributed by atoms with Crippen molar-refractivity contribution in [3.63, 3.8) is 0 Å². The number of hydrogen-bond acceptors (Lipinski definition) is 2. The third kappa shape index (κ3) is 2.64. The second-order valence-corrected chi connectivity index (χ2v) is 5.38. The molecule has 0 unspecified atom stereocenters. The molecule has 0 atom stereocenters. The van der Waals surface area contributed by atoms with E-state index in [1.54, 1.807) is 0 Å². The Kier molecular flexibility index (Phi) is 3.43. The molecule has 3 nitrogen and oxygen atoms in total. The van der Waals surface area contributed by atoms with Crippen LogP contribution in [0.4, 0.5) is 4.39 Å². The molecule has 0 saturated heterocycles. The smallest absolute Gasteiger partial charge is 0.262 e. The van der Waals surface area contributed by atoms with E-state index in [1.165, 1.54) is 22.8 Å². The minimum atomic E-state index is -0.438. The number of halogens is 1. The highest BCUT2D eigenvalue weighted by Gasteiger charge is 2.07. The van der Waals surface area contributed by atoms with Gasteiger partial charge in [0.15, 0.2) is 4.77 Å². The lowest BCUT2D eigenvalue weighted by Gasteiger charge is -2.08. The molecule has 0 radical (unpaired) electrons. The quantitative estimate of drug-likeness (QED) is 0.735. The van der Waals surface area contributed by atoms with Crippen LogP contribution in [0.3, 0.4) is 0 Å². The number of aromatic amines is 1. The van der Waals surface area contributed by atoms with E-state index in [0.717, 1.165) is 11.1 Å². The van der Waals surface area contributed by atoms with Crippen molar-refractivity contribution >= 4 is 23.1 Å². The molecule has 0 fully saturated rings. The van der Waals surface area contributed by atoms with Crippen LogP contribution in [-0.2, 0) is 6.54 Å². The fourth-order valence-corrected chi connectivity index (χ4v) is 2.50. The number of H-pyrrole nitrogens is 1. The Hall–Kier alpha value is -2.27. The first-order valence-corrected chi connectivity index (χ1v) is 6.93. The molecule has 1 N–H and O–H groups in total. The van der Waals surface area contributed by atoms with Crippen molar-refractivity contribution in [3.8, 4) is 0 Å². The number of hydrogen-bond donors (Lipinski definition) is 1. The number of nitrogens with zero attached hydrogens (tertiary/aromatic N) is 1. The minimum absolute atomic E-state index is 0.283. The van der Waals surface area contributed by atoms with E-state index in [-0.39, 0.29) is 5.56 Å². The summed E-state index contributed by atoms with van der Waals surface area (Å²) in [7, 11) is 0. The molecule has 3 rings (SSSR count). The van der Waals surface area contributed by atoms with Gasteiger partial charge in [0.25, 0.3) is 5.56 Å². The summed E-state index contributed by atoms with van der Waals surface area (Å²) >= 11 is 5.24. The Morgan fingerprint density at radius 1 is 1.19 bits per heavy atom. The Morgan fingerprint density at radius 2 is 1.90 bits per heavy atom. The highest BCUT2D eigenvalue weighted by Crippen LogP contribution is 2.11. The largest absolute Gasteiger partial charge is 0.332 e. The highest BCUT2D eigenvalue weighted by molar-refractivity contribution is 7.71. The molecule has 0 aliphatic carbocycles. The monoisotopic (exact) mass is 300 g/mol. The van der Waals surface area contributed by atoms with Crippen LogP contribution in [-0.4, -0.2) is 9.55 Å². The van der Waals surface area contributed by atoms with Crippen LogP contribution >= 0.6 is 12.2 Å². The van der Waals surface area contributed by atoms with E-state index in [2.05, 4.69) is 4.98 Å². The van der Waals surface area contributed by atoms with E-state index in [9.17, 15) is 9.18 Å². The van der Waals surface area contributed by atoms with Gasteiger partial charge in [-0.1, -0.05) is 29.8 Å². The Balaban J connectivity index is 2.16. The van der Waals surface area contributed by atoms with Crippen LogP contribution in [0.1, 0.15) is 11.1 Å². The maximum absolute atomic E-state index is 13.3. The molecule has 5 heteroatoms. The van der Waals surface area contributed by atoms with Gasteiger partial charge >= 0.3 is 0 Å². The van der Waals surface area contributed by atoms with Crippen LogP contribution < -0.4 is 5.56 Å².